The Labute approximate surface area is 141 Å². The fourth-order valence-electron chi connectivity index (χ4n) is 2.29. The van der Waals surface area contributed by atoms with Crippen LogP contribution >= 0.6 is 0 Å². The van der Waals surface area contributed by atoms with Crippen LogP contribution in [0.5, 0.6) is 0 Å². The lowest BCUT2D eigenvalue weighted by Crippen LogP contribution is -2.30. The molecular formula is C17H19FN2O3S. The van der Waals surface area contributed by atoms with Crippen LogP contribution in [0.25, 0.3) is 0 Å². The van der Waals surface area contributed by atoms with Crippen molar-refractivity contribution in [3.8, 4) is 0 Å². The molecule has 0 radical (unpaired) electrons. The first kappa shape index (κ1) is 18.1. The van der Waals surface area contributed by atoms with E-state index in [9.17, 15) is 17.6 Å². The van der Waals surface area contributed by atoms with Crippen LogP contribution in [-0.2, 0) is 10.0 Å². The molecule has 24 heavy (non-hydrogen) atoms. The van der Waals surface area contributed by atoms with Crippen molar-refractivity contribution in [3.63, 3.8) is 0 Å². The molecule has 0 aliphatic carbocycles. The van der Waals surface area contributed by atoms with Crippen LogP contribution in [-0.4, -0.2) is 31.7 Å². The van der Waals surface area contributed by atoms with Gasteiger partial charge in [-0.2, -0.15) is 4.31 Å². The monoisotopic (exact) mass is 350 g/mol. The Hall–Kier alpha value is -2.25. The first-order valence-electron chi connectivity index (χ1n) is 7.56. The van der Waals surface area contributed by atoms with E-state index in [0.29, 0.717) is 13.1 Å². The summed E-state index contributed by atoms with van der Waals surface area (Å²) in [7, 11) is -3.62. The van der Waals surface area contributed by atoms with Crippen molar-refractivity contribution in [1.29, 1.82) is 0 Å². The van der Waals surface area contributed by atoms with Crippen molar-refractivity contribution in [1.82, 2.24) is 4.31 Å². The number of halogens is 1. The predicted octanol–water partition coefficient (Wildman–Crippen LogP) is 3.11. The molecular weight excluding hydrogens is 331 g/mol. The van der Waals surface area contributed by atoms with Crippen LogP contribution in [0, 0.1) is 5.82 Å². The Morgan fingerprint density at radius 3 is 2.38 bits per heavy atom. The lowest BCUT2D eigenvalue weighted by molar-refractivity contribution is 0.102. The average molecular weight is 350 g/mol. The normalized spacial score (nSPS) is 11.5. The molecule has 0 aromatic heterocycles. The summed E-state index contributed by atoms with van der Waals surface area (Å²) in [6, 6.07) is 11.5. The highest BCUT2D eigenvalue weighted by atomic mass is 32.2. The summed E-state index contributed by atoms with van der Waals surface area (Å²) >= 11 is 0. The highest BCUT2D eigenvalue weighted by molar-refractivity contribution is 7.89. The predicted molar refractivity (Wildman–Crippen MR) is 90.9 cm³/mol. The number of benzene rings is 2. The van der Waals surface area contributed by atoms with Gasteiger partial charge < -0.3 is 5.32 Å². The number of carbonyl (C=O) groups is 1. The van der Waals surface area contributed by atoms with E-state index in [0.717, 1.165) is 0 Å². The van der Waals surface area contributed by atoms with Crippen molar-refractivity contribution in [3.05, 3.63) is 59.9 Å². The van der Waals surface area contributed by atoms with Gasteiger partial charge in [0.1, 0.15) is 5.82 Å². The summed E-state index contributed by atoms with van der Waals surface area (Å²) in [5.41, 5.74) is 0.186. The molecule has 1 N–H and O–H groups in total. The van der Waals surface area contributed by atoms with Crippen molar-refractivity contribution >= 4 is 21.6 Å². The van der Waals surface area contributed by atoms with Crippen molar-refractivity contribution in [2.24, 2.45) is 0 Å². The molecule has 2 rings (SSSR count). The first-order valence-corrected chi connectivity index (χ1v) is 9.00. The van der Waals surface area contributed by atoms with Gasteiger partial charge in [-0.05, 0) is 30.3 Å². The SMILES string of the molecule is CCN(CC)S(=O)(=O)c1cccc(NC(=O)c2ccccc2F)c1. The molecule has 0 fully saturated rings. The largest absolute Gasteiger partial charge is 0.322 e. The number of carbonyl (C=O) groups excluding carboxylic acids is 1. The molecule has 0 bridgehead atoms. The third-order valence-corrected chi connectivity index (χ3v) is 5.60. The fourth-order valence-corrected chi connectivity index (χ4v) is 3.80. The minimum absolute atomic E-state index is 0.0810. The van der Waals surface area contributed by atoms with Gasteiger partial charge in [0.2, 0.25) is 10.0 Å². The number of hydrogen-bond donors (Lipinski definition) is 1. The Morgan fingerprint density at radius 1 is 1.08 bits per heavy atom. The van der Waals surface area contributed by atoms with E-state index >= 15 is 0 Å². The van der Waals surface area contributed by atoms with Gasteiger partial charge in [0.25, 0.3) is 5.91 Å². The third kappa shape index (κ3) is 3.80. The lowest BCUT2D eigenvalue weighted by Gasteiger charge is -2.18. The maximum atomic E-state index is 13.6. The second kappa shape index (κ2) is 7.55. The average Bonchev–Trinajstić information content (AvgIpc) is 2.56. The molecule has 2 aromatic rings. The van der Waals surface area contributed by atoms with E-state index in [1.807, 2.05) is 0 Å². The second-order valence-electron chi connectivity index (χ2n) is 5.05. The number of sulfonamides is 1. The molecule has 5 nitrogen and oxygen atoms in total. The van der Waals surface area contributed by atoms with Gasteiger partial charge in [0, 0.05) is 18.8 Å². The fraction of sp³-hybridized carbons (Fsp3) is 0.235. The van der Waals surface area contributed by atoms with Crippen molar-refractivity contribution < 1.29 is 17.6 Å². The van der Waals surface area contributed by atoms with Crippen LogP contribution in [0.2, 0.25) is 0 Å². The summed E-state index contributed by atoms with van der Waals surface area (Å²) in [5, 5.41) is 2.52. The van der Waals surface area contributed by atoms with Crippen molar-refractivity contribution in [2.45, 2.75) is 18.7 Å². The summed E-state index contributed by atoms with van der Waals surface area (Å²) in [6.07, 6.45) is 0. The quantitative estimate of drug-likeness (QED) is 0.870. The Bertz CT molecular complexity index is 833. The summed E-state index contributed by atoms with van der Waals surface area (Å²) in [6.45, 7) is 4.21. The molecule has 0 aliphatic heterocycles. The summed E-state index contributed by atoms with van der Waals surface area (Å²) in [5.74, 6) is -1.27. The third-order valence-electron chi connectivity index (χ3n) is 3.55. The lowest BCUT2D eigenvalue weighted by atomic mass is 10.2. The second-order valence-corrected chi connectivity index (χ2v) is 6.99. The van der Waals surface area contributed by atoms with Crippen LogP contribution in [0.3, 0.4) is 0 Å². The van der Waals surface area contributed by atoms with Gasteiger partial charge in [-0.25, -0.2) is 12.8 Å². The van der Waals surface area contributed by atoms with Crippen LogP contribution in [0.4, 0.5) is 10.1 Å². The molecule has 2 aromatic carbocycles. The Morgan fingerprint density at radius 2 is 1.75 bits per heavy atom. The van der Waals surface area contributed by atoms with Crippen molar-refractivity contribution in [2.75, 3.05) is 18.4 Å². The van der Waals surface area contributed by atoms with Crippen LogP contribution in [0.15, 0.2) is 53.4 Å². The van der Waals surface area contributed by atoms with Gasteiger partial charge in [-0.1, -0.05) is 32.0 Å². The minimum Gasteiger partial charge on any atom is -0.322 e. The zero-order chi connectivity index (χ0) is 17.7. The zero-order valence-electron chi connectivity index (χ0n) is 13.5. The molecule has 0 saturated carbocycles. The minimum atomic E-state index is -3.62. The standard InChI is InChI=1S/C17H19FN2O3S/c1-3-20(4-2)24(22,23)14-9-7-8-13(12-14)19-17(21)15-10-5-6-11-16(15)18/h5-12H,3-4H2,1-2H3,(H,19,21). The molecule has 7 heteroatoms. The van der Waals surface area contributed by atoms with E-state index < -0.39 is 21.7 Å². The van der Waals surface area contributed by atoms with Gasteiger partial charge >= 0.3 is 0 Å². The van der Waals surface area contributed by atoms with E-state index in [4.69, 9.17) is 0 Å². The Balaban J connectivity index is 2.28. The van der Waals surface area contributed by atoms with E-state index in [1.165, 1.54) is 40.7 Å². The van der Waals surface area contributed by atoms with Crippen LogP contribution < -0.4 is 5.32 Å². The number of nitrogens with zero attached hydrogens (tertiary/aromatic N) is 1. The summed E-state index contributed by atoms with van der Waals surface area (Å²) in [4.78, 5) is 12.2. The molecule has 128 valence electrons. The number of rotatable bonds is 6. The first-order chi connectivity index (χ1) is 11.4. The highest BCUT2D eigenvalue weighted by Gasteiger charge is 2.22. The van der Waals surface area contributed by atoms with E-state index in [1.54, 1.807) is 26.0 Å². The van der Waals surface area contributed by atoms with E-state index in [-0.39, 0.29) is 16.1 Å². The summed E-state index contributed by atoms with van der Waals surface area (Å²) < 4.78 is 40.0. The number of hydrogen-bond acceptors (Lipinski definition) is 3. The van der Waals surface area contributed by atoms with Gasteiger partial charge in [0.15, 0.2) is 0 Å². The highest BCUT2D eigenvalue weighted by Crippen LogP contribution is 2.20. The molecule has 0 spiro atoms. The topological polar surface area (TPSA) is 66.5 Å². The maximum Gasteiger partial charge on any atom is 0.258 e. The number of anilines is 1. The molecule has 0 unspecified atom stereocenters. The number of amides is 1. The Kier molecular flexibility index (Phi) is 5.69. The van der Waals surface area contributed by atoms with E-state index in [2.05, 4.69) is 5.32 Å². The smallest absolute Gasteiger partial charge is 0.258 e. The van der Waals surface area contributed by atoms with Gasteiger partial charge in [-0.15, -0.1) is 0 Å². The van der Waals surface area contributed by atoms with Gasteiger partial charge in [-0.3, -0.25) is 4.79 Å². The molecule has 0 heterocycles. The molecule has 1 amide bonds. The molecule has 0 atom stereocenters. The number of nitrogens with one attached hydrogen (secondary N) is 1. The molecule has 0 saturated heterocycles. The molecule has 0 aliphatic rings. The zero-order valence-corrected chi connectivity index (χ0v) is 14.3. The van der Waals surface area contributed by atoms with Gasteiger partial charge in [0.05, 0.1) is 10.5 Å². The maximum absolute atomic E-state index is 13.6. The van der Waals surface area contributed by atoms with Crippen LogP contribution in [0.1, 0.15) is 24.2 Å².